The fourth-order valence-electron chi connectivity index (χ4n) is 3.33. The molecule has 3 unspecified atom stereocenters. The lowest BCUT2D eigenvalue weighted by molar-refractivity contribution is -0.121. The second-order valence-corrected chi connectivity index (χ2v) is 5.84. The first-order chi connectivity index (χ1) is 10.1. The van der Waals surface area contributed by atoms with Crippen molar-refractivity contribution in [1.29, 1.82) is 0 Å². The number of amides is 1. The van der Waals surface area contributed by atoms with E-state index in [-0.39, 0.29) is 23.8 Å². The Morgan fingerprint density at radius 1 is 1.48 bits per heavy atom. The molecule has 0 radical (unpaired) electrons. The van der Waals surface area contributed by atoms with Crippen molar-refractivity contribution in [3.05, 3.63) is 23.3 Å². The number of ether oxygens (including phenoxy) is 2. The molecular weight excluding hydrogens is 268 g/mol. The van der Waals surface area contributed by atoms with E-state index in [0.29, 0.717) is 13.2 Å². The number of rotatable bonds is 4. The van der Waals surface area contributed by atoms with Gasteiger partial charge in [-0.1, -0.05) is 0 Å². The zero-order valence-electron chi connectivity index (χ0n) is 12.5. The van der Waals surface area contributed by atoms with Crippen LogP contribution in [0.4, 0.5) is 0 Å². The van der Waals surface area contributed by atoms with Gasteiger partial charge in [0.2, 0.25) is 5.91 Å². The Morgan fingerprint density at radius 3 is 3.00 bits per heavy atom. The summed E-state index contributed by atoms with van der Waals surface area (Å²) in [6.45, 7) is 5.99. The van der Waals surface area contributed by atoms with E-state index in [2.05, 4.69) is 18.3 Å². The summed E-state index contributed by atoms with van der Waals surface area (Å²) in [7, 11) is 0. The summed E-state index contributed by atoms with van der Waals surface area (Å²) in [6.07, 6.45) is 1.09. The van der Waals surface area contributed by atoms with E-state index in [4.69, 9.17) is 15.2 Å². The van der Waals surface area contributed by atoms with Crippen molar-refractivity contribution in [2.24, 2.45) is 11.7 Å². The maximum atomic E-state index is 11.7. The molecule has 2 heterocycles. The average Bonchev–Trinajstić information content (AvgIpc) is 3.02. The fraction of sp³-hybridized carbons (Fsp3) is 0.562. The zero-order chi connectivity index (χ0) is 15.0. The minimum absolute atomic E-state index is 0.0499. The van der Waals surface area contributed by atoms with E-state index in [1.165, 1.54) is 5.56 Å². The van der Waals surface area contributed by atoms with Crippen LogP contribution in [0.25, 0.3) is 0 Å². The maximum Gasteiger partial charge on any atom is 0.222 e. The van der Waals surface area contributed by atoms with Crippen LogP contribution < -0.4 is 20.5 Å². The number of primary amides is 1. The van der Waals surface area contributed by atoms with Gasteiger partial charge in [-0.3, -0.25) is 4.79 Å². The molecule has 0 saturated carbocycles. The molecule has 3 atom stereocenters. The van der Waals surface area contributed by atoms with Gasteiger partial charge in [0.1, 0.15) is 17.6 Å². The largest absolute Gasteiger partial charge is 0.494 e. The molecule has 3 N–H and O–H groups in total. The average molecular weight is 290 g/mol. The van der Waals surface area contributed by atoms with Crippen molar-refractivity contribution >= 4 is 5.91 Å². The van der Waals surface area contributed by atoms with Crippen molar-refractivity contribution in [3.63, 3.8) is 0 Å². The van der Waals surface area contributed by atoms with Gasteiger partial charge in [-0.2, -0.15) is 0 Å². The highest BCUT2D eigenvalue weighted by atomic mass is 16.5. The molecule has 21 heavy (non-hydrogen) atoms. The number of fused-ring (bicyclic) bond motifs is 1. The Labute approximate surface area is 124 Å². The van der Waals surface area contributed by atoms with Crippen LogP contribution in [0.5, 0.6) is 11.5 Å². The molecule has 1 saturated heterocycles. The number of carbonyl (C=O) groups excluding carboxylic acids is 1. The number of hydrogen-bond acceptors (Lipinski definition) is 4. The topological polar surface area (TPSA) is 73.6 Å². The van der Waals surface area contributed by atoms with Crippen LogP contribution in [0.15, 0.2) is 12.1 Å². The predicted molar refractivity (Wildman–Crippen MR) is 79.7 cm³/mol. The van der Waals surface area contributed by atoms with E-state index >= 15 is 0 Å². The zero-order valence-corrected chi connectivity index (χ0v) is 12.5. The number of carbonyl (C=O) groups is 1. The number of nitrogens with one attached hydrogen (secondary N) is 1. The van der Waals surface area contributed by atoms with E-state index in [9.17, 15) is 4.79 Å². The third-order valence-electron chi connectivity index (χ3n) is 4.31. The Balaban J connectivity index is 2.00. The lowest BCUT2D eigenvalue weighted by Gasteiger charge is -2.20. The molecule has 0 aliphatic carbocycles. The highest BCUT2D eigenvalue weighted by molar-refractivity contribution is 5.79. The molecule has 2 aliphatic heterocycles. The van der Waals surface area contributed by atoms with Gasteiger partial charge in [0.25, 0.3) is 0 Å². The Hall–Kier alpha value is -1.75. The van der Waals surface area contributed by atoms with Crippen LogP contribution in [-0.4, -0.2) is 31.7 Å². The Bertz CT molecular complexity index is 559. The van der Waals surface area contributed by atoms with Gasteiger partial charge in [0, 0.05) is 36.6 Å². The lowest BCUT2D eigenvalue weighted by atomic mass is 9.87. The van der Waals surface area contributed by atoms with Crippen molar-refractivity contribution < 1.29 is 14.3 Å². The first-order valence-corrected chi connectivity index (χ1v) is 7.56. The summed E-state index contributed by atoms with van der Waals surface area (Å²) in [5, 5.41) is 3.25. The molecule has 1 amide bonds. The van der Waals surface area contributed by atoms with Gasteiger partial charge in [0.15, 0.2) is 0 Å². The smallest absolute Gasteiger partial charge is 0.222 e. The van der Waals surface area contributed by atoms with E-state index < -0.39 is 0 Å². The molecule has 5 nitrogen and oxygen atoms in total. The maximum absolute atomic E-state index is 11.7. The van der Waals surface area contributed by atoms with E-state index in [1.807, 2.05) is 13.0 Å². The quantitative estimate of drug-likeness (QED) is 0.874. The van der Waals surface area contributed by atoms with Gasteiger partial charge in [-0.05, 0) is 26.0 Å². The molecule has 0 spiro atoms. The summed E-state index contributed by atoms with van der Waals surface area (Å²) in [4.78, 5) is 11.7. The summed E-state index contributed by atoms with van der Waals surface area (Å²) in [6, 6.07) is 4.10. The molecule has 2 aliphatic rings. The van der Waals surface area contributed by atoms with Gasteiger partial charge in [0.05, 0.1) is 12.5 Å². The normalized spacial score (nSPS) is 27.2. The first-order valence-electron chi connectivity index (χ1n) is 7.56. The second kappa shape index (κ2) is 5.56. The number of nitrogens with two attached hydrogens (primary N) is 1. The minimum atomic E-state index is -0.262. The SMILES string of the molecule is CCOc1cc2c(cc1C1CNCC1C(N)=O)OC(C)C2. The fourth-order valence-corrected chi connectivity index (χ4v) is 3.33. The molecular formula is C16H22N2O3. The molecule has 114 valence electrons. The van der Waals surface area contributed by atoms with Gasteiger partial charge in [-0.25, -0.2) is 0 Å². The molecule has 1 aromatic rings. The standard InChI is InChI=1S/C16H22N2O3/c1-3-20-15-5-10-4-9(2)21-14(10)6-11(15)12-7-18-8-13(12)16(17)19/h5-6,9,12-13,18H,3-4,7-8H2,1-2H3,(H2,17,19). The summed E-state index contributed by atoms with van der Waals surface area (Å²) >= 11 is 0. The highest BCUT2D eigenvalue weighted by Crippen LogP contribution is 2.41. The van der Waals surface area contributed by atoms with Crippen LogP contribution in [0.1, 0.15) is 30.9 Å². The molecule has 1 fully saturated rings. The van der Waals surface area contributed by atoms with Gasteiger partial charge < -0.3 is 20.5 Å². The van der Waals surface area contributed by atoms with Crippen molar-refractivity contribution in [2.45, 2.75) is 32.3 Å². The molecule has 0 aromatic heterocycles. The van der Waals surface area contributed by atoms with Gasteiger partial charge in [-0.15, -0.1) is 0 Å². The van der Waals surface area contributed by atoms with Crippen LogP contribution in [0.2, 0.25) is 0 Å². The van der Waals surface area contributed by atoms with Crippen molar-refractivity contribution in [3.8, 4) is 11.5 Å². The van der Waals surface area contributed by atoms with Crippen LogP contribution in [0, 0.1) is 5.92 Å². The number of benzene rings is 1. The van der Waals surface area contributed by atoms with Crippen LogP contribution >= 0.6 is 0 Å². The molecule has 5 heteroatoms. The monoisotopic (exact) mass is 290 g/mol. The highest BCUT2D eigenvalue weighted by Gasteiger charge is 2.35. The molecule has 0 bridgehead atoms. The van der Waals surface area contributed by atoms with Crippen molar-refractivity contribution in [2.75, 3.05) is 19.7 Å². The summed E-state index contributed by atoms with van der Waals surface area (Å²) < 4.78 is 11.6. The van der Waals surface area contributed by atoms with E-state index in [0.717, 1.165) is 30.0 Å². The summed E-state index contributed by atoms with van der Waals surface area (Å²) in [5.74, 6) is 1.36. The van der Waals surface area contributed by atoms with Gasteiger partial charge >= 0.3 is 0 Å². The van der Waals surface area contributed by atoms with Crippen LogP contribution in [-0.2, 0) is 11.2 Å². The second-order valence-electron chi connectivity index (χ2n) is 5.84. The third-order valence-corrected chi connectivity index (χ3v) is 4.31. The van der Waals surface area contributed by atoms with E-state index in [1.54, 1.807) is 0 Å². The van der Waals surface area contributed by atoms with Crippen molar-refractivity contribution in [1.82, 2.24) is 5.32 Å². The molecule has 3 rings (SSSR count). The molecule has 1 aromatic carbocycles. The first kappa shape index (κ1) is 14.2. The Kier molecular flexibility index (Phi) is 3.76. The Morgan fingerprint density at radius 2 is 2.29 bits per heavy atom. The van der Waals surface area contributed by atoms with Crippen LogP contribution in [0.3, 0.4) is 0 Å². The third kappa shape index (κ3) is 2.58. The lowest BCUT2D eigenvalue weighted by Crippen LogP contribution is -2.28. The number of hydrogen-bond donors (Lipinski definition) is 2. The minimum Gasteiger partial charge on any atom is -0.494 e. The summed E-state index contributed by atoms with van der Waals surface area (Å²) in [5.41, 5.74) is 7.74. The predicted octanol–water partition coefficient (Wildman–Crippen LogP) is 1.20.